The number of carboxylic acids is 1. The number of esters is 1. The fourth-order valence-electron chi connectivity index (χ4n) is 5.38. The van der Waals surface area contributed by atoms with Gasteiger partial charge < -0.3 is 25.2 Å². The van der Waals surface area contributed by atoms with Crippen molar-refractivity contribution in [1.82, 2.24) is 0 Å². The second kappa shape index (κ2) is 38.2. The number of aliphatic carboxylic acids is 1. The molecule has 53 heavy (non-hydrogen) atoms. The average molecular weight is 770 g/mol. The Morgan fingerprint density at radius 2 is 1.09 bits per heavy atom. The normalized spacial score (nSPS) is 14.5. The molecule has 0 aliphatic rings. The van der Waals surface area contributed by atoms with E-state index in [9.17, 15) is 19.0 Å². The van der Waals surface area contributed by atoms with Crippen molar-refractivity contribution < 1.29 is 42.7 Å². The number of unbranched alkanes of at least 4 members (excludes halogenated alkanes) is 17. The molecule has 0 bridgehead atoms. The summed E-state index contributed by atoms with van der Waals surface area (Å²) in [7, 11) is -4.62. The van der Waals surface area contributed by atoms with Crippen LogP contribution in [0.5, 0.6) is 0 Å². The number of hydrogen-bond donors (Lipinski definition) is 3. The number of carbonyl (C=O) groups is 2. The minimum atomic E-state index is -4.62. The van der Waals surface area contributed by atoms with Gasteiger partial charge in [-0.25, -0.2) is 4.57 Å². The Labute approximate surface area is 322 Å². The molecule has 0 aromatic rings. The van der Waals surface area contributed by atoms with Crippen LogP contribution in [-0.4, -0.2) is 60.5 Å². The van der Waals surface area contributed by atoms with E-state index in [1.807, 2.05) is 0 Å². The van der Waals surface area contributed by atoms with Crippen LogP contribution in [0.2, 0.25) is 0 Å². The summed E-state index contributed by atoms with van der Waals surface area (Å²) >= 11 is 0. The Hall–Kier alpha value is -2.07. The monoisotopic (exact) mass is 770 g/mol. The van der Waals surface area contributed by atoms with Crippen LogP contribution in [0.25, 0.3) is 0 Å². The zero-order chi connectivity index (χ0) is 39.1. The van der Waals surface area contributed by atoms with Gasteiger partial charge in [-0.15, -0.1) is 0 Å². The molecular formula is C42H76NO9P. The lowest BCUT2D eigenvalue weighted by Gasteiger charge is -2.20. The lowest BCUT2D eigenvalue weighted by molar-refractivity contribution is -0.154. The minimum absolute atomic E-state index is 0.000886. The molecule has 0 fully saturated rings. The summed E-state index contributed by atoms with van der Waals surface area (Å²) in [5.41, 5.74) is 5.34. The van der Waals surface area contributed by atoms with E-state index in [-0.39, 0.29) is 13.0 Å². The molecule has 0 aromatic carbocycles. The summed E-state index contributed by atoms with van der Waals surface area (Å²) in [6.45, 7) is 3.70. The summed E-state index contributed by atoms with van der Waals surface area (Å²) in [6, 6.07) is -1.48. The Morgan fingerprint density at radius 1 is 0.623 bits per heavy atom. The predicted molar refractivity (Wildman–Crippen MR) is 217 cm³/mol. The summed E-state index contributed by atoms with van der Waals surface area (Å²) in [5.74, 6) is -1.80. The molecule has 3 unspecified atom stereocenters. The maximum Gasteiger partial charge on any atom is 0.472 e. The van der Waals surface area contributed by atoms with Crippen molar-refractivity contribution in [2.24, 2.45) is 5.73 Å². The highest BCUT2D eigenvalue weighted by Gasteiger charge is 2.27. The number of ether oxygens (including phenoxy) is 2. The molecule has 0 aliphatic carbocycles. The molecular weight excluding hydrogens is 693 g/mol. The largest absolute Gasteiger partial charge is 0.480 e. The maximum absolute atomic E-state index is 12.6. The molecule has 0 amide bonds. The van der Waals surface area contributed by atoms with Crippen LogP contribution >= 0.6 is 7.82 Å². The van der Waals surface area contributed by atoms with E-state index in [1.54, 1.807) is 0 Å². The van der Waals surface area contributed by atoms with Gasteiger partial charge in [-0.3, -0.25) is 18.6 Å². The fourth-order valence-corrected chi connectivity index (χ4v) is 6.15. The third kappa shape index (κ3) is 38.0. The predicted octanol–water partition coefficient (Wildman–Crippen LogP) is 11.1. The average Bonchev–Trinajstić information content (AvgIpc) is 3.13. The minimum Gasteiger partial charge on any atom is -0.480 e. The number of rotatable bonds is 39. The van der Waals surface area contributed by atoms with Crippen LogP contribution in [0.4, 0.5) is 0 Å². The molecule has 10 nitrogen and oxygen atoms in total. The van der Waals surface area contributed by atoms with Gasteiger partial charge >= 0.3 is 19.8 Å². The van der Waals surface area contributed by atoms with Gasteiger partial charge in [-0.1, -0.05) is 140 Å². The van der Waals surface area contributed by atoms with Crippen molar-refractivity contribution in [3.05, 3.63) is 48.6 Å². The molecule has 11 heteroatoms. The Kier molecular flexibility index (Phi) is 36.7. The zero-order valence-corrected chi connectivity index (χ0v) is 34.2. The SMILES string of the molecule is CC/C=C\C/C=C\C/C=C\CCCCCCOCC(COP(=O)(O)OCC(N)C(=O)O)OC(=O)CCCCCCCCC/C=C\CCCCCCCC. The van der Waals surface area contributed by atoms with Gasteiger partial charge in [0.25, 0.3) is 0 Å². The van der Waals surface area contributed by atoms with Gasteiger partial charge in [0.1, 0.15) is 12.1 Å². The Bertz CT molecular complexity index is 1030. The number of carboxylic acid groups (broad SMARTS) is 1. The number of phosphoric ester groups is 1. The van der Waals surface area contributed by atoms with Gasteiger partial charge in [0.2, 0.25) is 0 Å². The number of carbonyl (C=O) groups excluding carboxylic acids is 1. The number of hydrogen-bond acceptors (Lipinski definition) is 8. The first-order valence-electron chi connectivity index (χ1n) is 20.7. The quantitative estimate of drug-likeness (QED) is 0.0238. The molecule has 0 aromatic heterocycles. The van der Waals surface area contributed by atoms with E-state index in [2.05, 4.69) is 62.5 Å². The van der Waals surface area contributed by atoms with E-state index in [4.69, 9.17) is 29.4 Å². The lowest BCUT2D eigenvalue weighted by Crippen LogP contribution is -2.34. The lowest BCUT2D eigenvalue weighted by atomic mass is 10.1. The van der Waals surface area contributed by atoms with Crippen molar-refractivity contribution in [3.63, 3.8) is 0 Å². The summed E-state index contributed by atoms with van der Waals surface area (Å²) in [5, 5.41) is 8.88. The first kappa shape index (κ1) is 50.9. The van der Waals surface area contributed by atoms with Gasteiger partial charge in [0, 0.05) is 13.0 Å². The zero-order valence-electron chi connectivity index (χ0n) is 33.3. The number of phosphoric acid groups is 1. The molecule has 0 saturated heterocycles. The molecule has 3 atom stereocenters. The first-order chi connectivity index (χ1) is 25.7. The second-order valence-corrected chi connectivity index (χ2v) is 15.2. The molecule has 4 N–H and O–H groups in total. The molecule has 308 valence electrons. The number of nitrogens with two attached hydrogens (primary N) is 1. The van der Waals surface area contributed by atoms with Gasteiger partial charge in [-0.2, -0.15) is 0 Å². The van der Waals surface area contributed by atoms with Crippen LogP contribution in [0, 0.1) is 0 Å². The Morgan fingerprint density at radius 3 is 1.66 bits per heavy atom. The standard InChI is InChI=1S/C42H76NO9P/c1-3-5-7-9-11-13-15-17-19-20-21-22-24-26-28-30-32-34-41(44)52-39(37-50-53(47,48)51-38-40(43)42(45)46)36-49-35-33-31-29-27-25-23-18-16-14-12-10-8-6-4-2/h6,8,12,14,17-19,23,39-40H,3-5,7,9-11,13,15-16,20-22,24-38,43H2,1-2H3,(H,45,46)(H,47,48)/b8-6-,14-12-,19-17-,23-18-. The second-order valence-electron chi connectivity index (χ2n) is 13.7. The van der Waals surface area contributed by atoms with Crippen molar-refractivity contribution in [1.29, 1.82) is 0 Å². The molecule has 0 radical (unpaired) electrons. The molecule has 0 aliphatic heterocycles. The number of allylic oxidation sites excluding steroid dienone is 8. The molecule has 0 saturated carbocycles. The Balaban J connectivity index is 4.30. The summed E-state index contributed by atoms with van der Waals surface area (Å²) < 4.78 is 33.3. The summed E-state index contributed by atoms with van der Waals surface area (Å²) in [6.07, 6.45) is 43.1. The first-order valence-corrected chi connectivity index (χ1v) is 22.2. The highest BCUT2D eigenvalue weighted by atomic mass is 31.2. The van der Waals surface area contributed by atoms with E-state index in [0.717, 1.165) is 77.0 Å². The van der Waals surface area contributed by atoms with E-state index < -0.39 is 45.1 Å². The third-order valence-corrected chi connectivity index (χ3v) is 9.54. The van der Waals surface area contributed by atoms with Crippen LogP contribution in [0.3, 0.4) is 0 Å². The molecule has 0 rings (SSSR count). The highest BCUT2D eigenvalue weighted by Crippen LogP contribution is 2.43. The van der Waals surface area contributed by atoms with Crippen LogP contribution < -0.4 is 5.73 Å². The van der Waals surface area contributed by atoms with Crippen LogP contribution in [-0.2, 0) is 32.7 Å². The van der Waals surface area contributed by atoms with Crippen molar-refractivity contribution in [3.8, 4) is 0 Å². The van der Waals surface area contributed by atoms with Crippen LogP contribution in [0.1, 0.15) is 168 Å². The van der Waals surface area contributed by atoms with Crippen molar-refractivity contribution in [2.45, 2.75) is 180 Å². The van der Waals surface area contributed by atoms with E-state index >= 15 is 0 Å². The molecule has 0 heterocycles. The van der Waals surface area contributed by atoms with E-state index in [1.165, 1.54) is 64.2 Å². The van der Waals surface area contributed by atoms with Crippen LogP contribution in [0.15, 0.2) is 48.6 Å². The van der Waals surface area contributed by atoms with E-state index in [0.29, 0.717) is 13.0 Å². The van der Waals surface area contributed by atoms with Crippen molar-refractivity contribution in [2.75, 3.05) is 26.4 Å². The van der Waals surface area contributed by atoms with Crippen molar-refractivity contribution >= 4 is 19.8 Å². The van der Waals surface area contributed by atoms with Gasteiger partial charge in [0.05, 0.1) is 19.8 Å². The highest BCUT2D eigenvalue weighted by molar-refractivity contribution is 7.47. The van der Waals surface area contributed by atoms with Gasteiger partial charge in [0.15, 0.2) is 0 Å². The van der Waals surface area contributed by atoms with Gasteiger partial charge in [-0.05, 0) is 70.6 Å². The fraction of sp³-hybridized carbons (Fsp3) is 0.762. The summed E-state index contributed by atoms with van der Waals surface area (Å²) in [4.78, 5) is 33.5. The molecule has 0 spiro atoms. The smallest absolute Gasteiger partial charge is 0.472 e. The maximum atomic E-state index is 12.6. The topological polar surface area (TPSA) is 155 Å². The third-order valence-electron chi connectivity index (χ3n) is 8.59.